The van der Waals surface area contributed by atoms with Gasteiger partial charge in [-0.25, -0.2) is 0 Å². The Hall–Kier alpha value is -1.18. The van der Waals surface area contributed by atoms with E-state index in [1.807, 2.05) is 6.07 Å². The quantitative estimate of drug-likeness (QED) is 0.849. The van der Waals surface area contributed by atoms with Crippen LogP contribution in [0.4, 0.5) is 0 Å². The number of rotatable bonds is 2. The van der Waals surface area contributed by atoms with Gasteiger partial charge in [-0.1, -0.05) is 13.3 Å². The third-order valence-corrected chi connectivity index (χ3v) is 5.71. The van der Waals surface area contributed by atoms with E-state index in [9.17, 15) is 5.11 Å². The molecular formula is C18H24O2. The molecule has 1 aromatic carbocycles. The largest absolute Gasteiger partial charge is 0.508 e. The van der Waals surface area contributed by atoms with Gasteiger partial charge in [0.1, 0.15) is 17.1 Å². The van der Waals surface area contributed by atoms with E-state index >= 15 is 0 Å². The van der Waals surface area contributed by atoms with Crippen LogP contribution in [0.25, 0.3) is 0 Å². The van der Waals surface area contributed by atoms with E-state index in [1.54, 1.807) is 0 Å². The van der Waals surface area contributed by atoms with E-state index < -0.39 is 0 Å². The summed E-state index contributed by atoms with van der Waals surface area (Å²) in [5, 5.41) is 10.4. The molecule has 1 saturated carbocycles. The van der Waals surface area contributed by atoms with Gasteiger partial charge in [-0.05, 0) is 68.9 Å². The molecule has 20 heavy (non-hydrogen) atoms. The van der Waals surface area contributed by atoms with E-state index in [-0.39, 0.29) is 5.60 Å². The zero-order valence-corrected chi connectivity index (χ0v) is 12.5. The van der Waals surface area contributed by atoms with Gasteiger partial charge in [0.2, 0.25) is 0 Å². The van der Waals surface area contributed by atoms with Crippen LogP contribution in [0.2, 0.25) is 0 Å². The topological polar surface area (TPSA) is 29.5 Å². The molecule has 3 aliphatic rings. The zero-order chi connectivity index (χ0) is 13.9. The molecule has 0 saturated heterocycles. The average Bonchev–Trinajstić information content (AvgIpc) is 3.01. The second-order valence-electron chi connectivity index (χ2n) is 7.22. The van der Waals surface area contributed by atoms with Gasteiger partial charge in [-0.3, -0.25) is 0 Å². The fourth-order valence-corrected chi connectivity index (χ4v) is 4.79. The third kappa shape index (κ3) is 1.63. The van der Waals surface area contributed by atoms with Gasteiger partial charge < -0.3 is 9.84 Å². The maximum absolute atomic E-state index is 10.4. The molecule has 1 heterocycles. The third-order valence-electron chi connectivity index (χ3n) is 5.71. The lowest BCUT2D eigenvalue weighted by atomic mass is 9.83. The van der Waals surface area contributed by atoms with Crippen LogP contribution in [0, 0.1) is 0 Å². The highest BCUT2D eigenvalue weighted by molar-refractivity contribution is 5.60. The van der Waals surface area contributed by atoms with Crippen LogP contribution in [0.3, 0.4) is 0 Å². The van der Waals surface area contributed by atoms with Gasteiger partial charge in [-0.2, -0.15) is 0 Å². The van der Waals surface area contributed by atoms with Crippen LogP contribution in [0.15, 0.2) is 6.07 Å². The number of fused-ring (bicyclic) bond motifs is 7. The van der Waals surface area contributed by atoms with E-state index in [1.165, 1.54) is 36.0 Å². The Morgan fingerprint density at radius 2 is 2.05 bits per heavy atom. The number of phenolic OH excluding ortho intramolecular Hbond substituents is 1. The van der Waals surface area contributed by atoms with Crippen LogP contribution >= 0.6 is 0 Å². The minimum absolute atomic E-state index is 0.00563. The maximum Gasteiger partial charge on any atom is 0.127 e. The van der Waals surface area contributed by atoms with Crippen molar-refractivity contribution in [2.45, 2.75) is 76.2 Å². The molecule has 108 valence electrons. The molecule has 0 aromatic heterocycles. The Bertz CT molecular complexity index is 563. The molecule has 1 aromatic rings. The molecule has 2 aliphatic carbocycles. The lowest BCUT2D eigenvalue weighted by molar-refractivity contribution is 0.0537. The lowest BCUT2D eigenvalue weighted by Gasteiger charge is -2.38. The lowest BCUT2D eigenvalue weighted by Crippen LogP contribution is -2.36. The van der Waals surface area contributed by atoms with Crippen molar-refractivity contribution in [3.63, 3.8) is 0 Å². The molecule has 2 heteroatoms. The first-order chi connectivity index (χ1) is 9.61. The number of aromatic hydroxyl groups is 1. The van der Waals surface area contributed by atoms with Crippen LogP contribution < -0.4 is 4.74 Å². The summed E-state index contributed by atoms with van der Waals surface area (Å²) < 4.78 is 6.50. The van der Waals surface area contributed by atoms with Crippen molar-refractivity contribution in [3.05, 3.63) is 22.8 Å². The van der Waals surface area contributed by atoms with Gasteiger partial charge in [0, 0.05) is 11.1 Å². The van der Waals surface area contributed by atoms with Crippen molar-refractivity contribution in [1.82, 2.24) is 0 Å². The van der Waals surface area contributed by atoms with E-state index in [0.717, 1.165) is 31.4 Å². The van der Waals surface area contributed by atoms with Gasteiger partial charge in [0.15, 0.2) is 0 Å². The van der Waals surface area contributed by atoms with Crippen LogP contribution in [0.5, 0.6) is 11.5 Å². The highest BCUT2D eigenvalue weighted by Crippen LogP contribution is 2.60. The molecule has 2 bridgehead atoms. The first kappa shape index (κ1) is 12.6. The Labute approximate surface area is 121 Å². The number of benzene rings is 1. The molecule has 1 N–H and O–H groups in total. The minimum Gasteiger partial charge on any atom is -0.508 e. The Morgan fingerprint density at radius 1 is 1.30 bits per heavy atom. The Kier molecular flexibility index (Phi) is 2.61. The summed E-state index contributed by atoms with van der Waals surface area (Å²) in [6, 6.07) is 1.99. The monoisotopic (exact) mass is 272 g/mol. The molecule has 0 spiro atoms. The standard InChI is InChI=1S/C18H24O2/c1-3-7-18(2)8-6-13-10-14(19)15-11-4-5-12(9-11)16(15)17(13)20-18/h10-12,19H,3-9H2,1-2H3/t11-,12+,18-/m1/s1. The normalized spacial score (nSPS) is 33.7. The van der Waals surface area contributed by atoms with Crippen molar-refractivity contribution in [1.29, 1.82) is 0 Å². The minimum atomic E-state index is -0.00563. The summed E-state index contributed by atoms with van der Waals surface area (Å²) >= 11 is 0. The summed E-state index contributed by atoms with van der Waals surface area (Å²) in [4.78, 5) is 0. The number of ether oxygens (including phenoxy) is 1. The predicted octanol–water partition coefficient (Wildman–Crippen LogP) is 4.64. The number of aryl methyl sites for hydroxylation is 1. The highest BCUT2D eigenvalue weighted by Gasteiger charge is 2.44. The fraction of sp³-hybridized carbons (Fsp3) is 0.667. The summed E-state index contributed by atoms with van der Waals surface area (Å²) in [6.07, 6.45) is 8.16. The second-order valence-corrected chi connectivity index (χ2v) is 7.22. The van der Waals surface area contributed by atoms with E-state index in [0.29, 0.717) is 17.6 Å². The van der Waals surface area contributed by atoms with Crippen molar-refractivity contribution in [2.75, 3.05) is 0 Å². The first-order valence-electron chi connectivity index (χ1n) is 8.19. The number of hydrogen-bond donors (Lipinski definition) is 1. The van der Waals surface area contributed by atoms with Crippen LogP contribution in [0.1, 0.15) is 80.9 Å². The van der Waals surface area contributed by atoms with E-state index in [2.05, 4.69) is 13.8 Å². The molecule has 0 unspecified atom stereocenters. The van der Waals surface area contributed by atoms with Gasteiger partial charge in [-0.15, -0.1) is 0 Å². The summed E-state index contributed by atoms with van der Waals surface area (Å²) in [5.74, 6) is 2.91. The van der Waals surface area contributed by atoms with Crippen molar-refractivity contribution >= 4 is 0 Å². The van der Waals surface area contributed by atoms with Gasteiger partial charge in [0.25, 0.3) is 0 Å². The number of hydrogen-bond acceptors (Lipinski definition) is 2. The smallest absolute Gasteiger partial charge is 0.127 e. The molecular weight excluding hydrogens is 248 g/mol. The van der Waals surface area contributed by atoms with E-state index in [4.69, 9.17) is 4.74 Å². The predicted molar refractivity (Wildman–Crippen MR) is 79.7 cm³/mol. The molecule has 1 fully saturated rings. The van der Waals surface area contributed by atoms with Crippen molar-refractivity contribution in [3.8, 4) is 11.5 Å². The van der Waals surface area contributed by atoms with Crippen LogP contribution in [-0.2, 0) is 6.42 Å². The van der Waals surface area contributed by atoms with Crippen molar-refractivity contribution < 1.29 is 9.84 Å². The summed E-state index contributed by atoms with van der Waals surface area (Å²) in [5.41, 5.74) is 3.83. The molecule has 4 rings (SSSR count). The molecule has 2 nitrogen and oxygen atoms in total. The average molecular weight is 272 g/mol. The van der Waals surface area contributed by atoms with Crippen molar-refractivity contribution in [2.24, 2.45) is 0 Å². The summed E-state index contributed by atoms with van der Waals surface area (Å²) in [7, 11) is 0. The zero-order valence-electron chi connectivity index (χ0n) is 12.5. The number of phenols is 1. The second kappa shape index (κ2) is 4.16. The molecule has 0 radical (unpaired) electrons. The molecule has 3 atom stereocenters. The maximum atomic E-state index is 10.4. The Balaban J connectivity index is 1.82. The Morgan fingerprint density at radius 3 is 2.80 bits per heavy atom. The first-order valence-corrected chi connectivity index (χ1v) is 8.19. The van der Waals surface area contributed by atoms with Gasteiger partial charge >= 0.3 is 0 Å². The fourth-order valence-electron chi connectivity index (χ4n) is 4.79. The molecule has 1 aliphatic heterocycles. The van der Waals surface area contributed by atoms with Crippen LogP contribution in [-0.4, -0.2) is 10.7 Å². The molecule has 0 amide bonds. The summed E-state index contributed by atoms with van der Waals surface area (Å²) in [6.45, 7) is 4.49. The van der Waals surface area contributed by atoms with Gasteiger partial charge in [0.05, 0.1) is 0 Å². The SMILES string of the molecule is CCC[C@]1(C)CCc2cc(O)c3c(c2O1)[C@H]1CC[C@@H]3C1. The highest BCUT2D eigenvalue weighted by atomic mass is 16.5.